The second-order valence-corrected chi connectivity index (χ2v) is 3.20. The van der Waals surface area contributed by atoms with Crippen LogP contribution in [0.1, 0.15) is 13.8 Å². The zero-order valence-corrected chi connectivity index (χ0v) is 7.79. The zero-order valence-electron chi connectivity index (χ0n) is 7.79. The molecule has 0 aromatic heterocycles. The molecule has 0 atom stereocenters. The van der Waals surface area contributed by atoms with E-state index in [1.807, 2.05) is 13.8 Å². The fourth-order valence-electron chi connectivity index (χ4n) is 1.02. The number of rotatable bonds is 2. The maximum Gasteiger partial charge on any atom is 0.125 e. The molecular formula is C9H14FN3. The van der Waals surface area contributed by atoms with E-state index in [1.54, 1.807) is 0 Å². The molecule has 4 N–H and O–H groups in total. The summed E-state index contributed by atoms with van der Waals surface area (Å²) in [5.74, 6) is 5.36. The molecule has 0 unspecified atom stereocenters. The normalized spacial score (nSPS) is 10.5. The van der Waals surface area contributed by atoms with Gasteiger partial charge in [-0.05, 0) is 26.0 Å². The summed E-state index contributed by atoms with van der Waals surface area (Å²) in [5.41, 5.74) is 6.65. The van der Waals surface area contributed by atoms with Crippen LogP contribution in [0.3, 0.4) is 0 Å². The minimum absolute atomic E-state index is 0.0871. The summed E-state index contributed by atoms with van der Waals surface area (Å²) in [6, 6.07) is 4.24. The molecule has 0 saturated carbocycles. The largest absolute Gasteiger partial charge is 0.397 e. The van der Waals surface area contributed by atoms with Gasteiger partial charge in [-0.3, -0.25) is 0 Å². The molecule has 0 radical (unpaired) electrons. The van der Waals surface area contributed by atoms with E-state index in [-0.39, 0.29) is 11.9 Å². The van der Waals surface area contributed by atoms with E-state index in [4.69, 9.17) is 11.6 Å². The third-order valence-corrected chi connectivity index (χ3v) is 1.83. The Balaban J connectivity index is 3.05. The van der Waals surface area contributed by atoms with E-state index in [0.29, 0.717) is 11.4 Å². The van der Waals surface area contributed by atoms with Crippen LogP contribution < -0.4 is 16.6 Å². The van der Waals surface area contributed by atoms with Crippen LogP contribution in [0.15, 0.2) is 18.2 Å². The van der Waals surface area contributed by atoms with Gasteiger partial charge in [-0.25, -0.2) is 10.2 Å². The number of hydrogen-bond acceptors (Lipinski definition) is 3. The lowest BCUT2D eigenvalue weighted by Gasteiger charge is -2.24. The highest BCUT2D eigenvalue weighted by Gasteiger charge is 2.09. The first kappa shape index (κ1) is 9.80. The van der Waals surface area contributed by atoms with Crippen LogP contribution in [-0.4, -0.2) is 6.04 Å². The molecule has 0 aliphatic carbocycles. The summed E-state index contributed by atoms with van der Waals surface area (Å²) in [5, 5.41) is 1.44. The SMILES string of the molecule is CC(C)N(N)c1cc(F)ccc1N. The Morgan fingerprint density at radius 1 is 1.38 bits per heavy atom. The fraction of sp³-hybridized carbons (Fsp3) is 0.333. The Morgan fingerprint density at radius 3 is 2.54 bits per heavy atom. The molecule has 72 valence electrons. The highest BCUT2D eigenvalue weighted by Crippen LogP contribution is 2.23. The van der Waals surface area contributed by atoms with Crippen molar-refractivity contribution in [2.75, 3.05) is 10.7 Å². The van der Waals surface area contributed by atoms with Gasteiger partial charge in [0.2, 0.25) is 0 Å². The molecular weight excluding hydrogens is 169 g/mol. The van der Waals surface area contributed by atoms with Crippen molar-refractivity contribution in [2.24, 2.45) is 5.84 Å². The van der Waals surface area contributed by atoms with Crippen LogP contribution in [0.25, 0.3) is 0 Å². The van der Waals surface area contributed by atoms with Gasteiger partial charge in [-0.2, -0.15) is 0 Å². The van der Waals surface area contributed by atoms with Crippen molar-refractivity contribution in [3.63, 3.8) is 0 Å². The fourth-order valence-corrected chi connectivity index (χ4v) is 1.02. The molecule has 0 saturated heterocycles. The Kier molecular flexibility index (Phi) is 2.72. The second-order valence-electron chi connectivity index (χ2n) is 3.20. The van der Waals surface area contributed by atoms with E-state index >= 15 is 0 Å². The minimum atomic E-state index is -0.333. The van der Waals surface area contributed by atoms with Gasteiger partial charge in [0.15, 0.2) is 0 Å². The third-order valence-electron chi connectivity index (χ3n) is 1.83. The van der Waals surface area contributed by atoms with Crippen LogP contribution in [-0.2, 0) is 0 Å². The number of nitrogens with zero attached hydrogens (tertiary/aromatic N) is 1. The molecule has 0 fully saturated rings. The average molecular weight is 183 g/mol. The van der Waals surface area contributed by atoms with Crippen LogP contribution in [0.2, 0.25) is 0 Å². The summed E-state index contributed by atoms with van der Waals surface area (Å²) in [4.78, 5) is 0. The Bertz CT molecular complexity index is 299. The van der Waals surface area contributed by atoms with Crippen molar-refractivity contribution in [3.8, 4) is 0 Å². The molecule has 3 nitrogen and oxygen atoms in total. The average Bonchev–Trinajstić information content (AvgIpc) is 2.08. The van der Waals surface area contributed by atoms with Gasteiger partial charge < -0.3 is 10.7 Å². The molecule has 1 rings (SSSR count). The van der Waals surface area contributed by atoms with Crippen molar-refractivity contribution in [2.45, 2.75) is 19.9 Å². The molecule has 4 heteroatoms. The molecule has 0 amide bonds. The van der Waals surface area contributed by atoms with E-state index in [0.717, 1.165) is 0 Å². The first-order valence-corrected chi connectivity index (χ1v) is 4.11. The van der Waals surface area contributed by atoms with E-state index in [2.05, 4.69) is 0 Å². The lowest BCUT2D eigenvalue weighted by molar-refractivity contribution is 0.624. The van der Waals surface area contributed by atoms with Gasteiger partial charge in [-0.15, -0.1) is 0 Å². The molecule has 0 spiro atoms. The summed E-state index contributed by atoms with van der Waals surface area (Å²) < 4.78 is 12.8. The highest BCUT2D eigenvalue weighted by atomic mass is 19.1. The quantitative estimate of drug-likeness (QED) is 0.415. The van der Waals surface area contributed by atoms with E-state index in [9.17, 15) is 4.39 Å². The minimum Gasteiger partial charge on any atom is -0.397 e. The molecule has 0 aliphatic rings. The summed E-state index contributed by atoms with van der Waals surface area (Å²) in [6.45, 7) is 3.81. The van der Waals surface area contributed by atoms with E-state index < -0.39 is 0 Å². The number of halogens is 1. The third kappa shape index (κ3) is 2.09. The molecule has 0 aliphatic heterocycles. The summed E-state index contributed by atoms with van der Waals surface area (Å²) in [6.07, 6.45) is 0. The van der Waals surface area contributed by atoms with Crippen molar-refractivity contribution < 1.29 is 4.39 Å². The van der Waals surface area contributed by atoms with Gasteiger partial charge in [-0.1, -0.05) is 0 Å². The van der Waals surface area contributed by atoms with Crippen molar-refractivity contribution in [1.82, 2.24) is 0 Å². The maximum absolute atomic E-state index is 12.8. The van der Waals surface area contributed by atoms with Crippen LogP contribution in [0.5, 0.6) is 0 Å². The first-order valence-electron chi connectivity index (χ1n) is 4.11. The van der Waals surface area contributed by atoms with Crippen molar-refractivity contribution in [3.05, 3.63) is 24.0 Å². The monoisotopic (exact) mass is 183 g/mol. The second kappa shape index (κ2) is 3.62. The van der Waals surface area contributed by atoms with Gasteiger partial charge in [0.05, 0.1) is 11.4 Å². The Morgan fingerprint density at radius 2 is 2.00 bits per heavy atom. The molecule has 1 aromatic rings. The summed E-state index contributed by atoms with van der Waals surface area (Å²) >= 11 is 0. The first-order chi connectivity index (χ1) is 6.02. The highest BCUT2D eigenvalue weighted by molar-refractivity contribution is 5.67. The van der Waals surface area contributed by atoms with Gasteiger partial charge in [0.25, 0.3) is 0 Å². The predicted octanol–water partition coefficient (Wildman–Crippen LogP) is 1.50. The number of nitrogen functional groups attached to an aromatic ring is 1. The number of hydrazine groups is 1. The van der Waals surface area contributed by atoms with Crippen molar-refractivity contribution >= 4 is 11.4 Å². The zero-order chi connectivity index (χ0) is 10.0. The molecule has 1 aromatic carbocycles. The molecule has 0 heterocycles. The summed E-state index contributed by atoms with van der Waals surface area (Å²) in [7, 11) is 0. The Hall–Kier alpha value is -1.29. The maximum atomic E-state index is 12.8. The topological polar surface area (TPSA) is 55.3 Å². The van der Waals surface area contributed by atoms with Gasteiger partial charge in [0, 0.05) is 12.1 Å². The Labute approximate surface area is 77.1 Å². The van der Waals surface area contributed by atoms with Crippen LogP contribution in [0, 0.1) is 5.82 Å². The predicted molar refractivity (Wildman–Crippen MR) is 52.6 cm³/mol. The number of hydrogen-bond donors (Lipinski definition) is 2. The number of nitrogens with two attached hydrogens (primary N) is 2. The molecule has 0 bridgehead atoms. The molecule has 13 heavy (non-hydrogen) atoms. The van der Waals surface area contributed by atoms with E-state index in [1.165, 1.54) is 23.2 Å². The standard InChI is InChI=1S/C9H14FN3/c1-6(2)13(12)9-5-7(10)3-4-8(9)11/h3-6H,11-12H2,1-2H3. The van der Waals surface area contributed by atoms with Crippen molar-refractivity contribution in [1.29, 1.82) is 0 Å². The van der Waals surface area contributed by atoms with Crippen LogP contribution >= 0.6 is 0 Å². The van der Waals surface area contributed by atoms with Crippen LogP contribution in [0.4, 0.5) is 15.8 Å². The lowest BCUT2D eigenvalue weighted by atomic mass is 10.2. The lowest BCUT2D eigenvalue weighted by Crippen LogP contribution is -2.37. The number of benzene rings is 1. The number of anilines is 2. The smallest absolute Gasteiger partial charge is 0.125 e. The van der Waals surface area contributed by atoms with Gasteiger partial charge in [0.1, 0.15) is 5.82 Å². The van der Waals surface area contributed by atoms with Gasteiger partial charge >= 0.3 is 0 Å².